The van der Waals surface area contributed by atoms with Gasteiger partial charge in [-0.1, -0.05) is 0 Å². The molecule has 2 aliphatic rings. The minimum absolute atomic E-state index is 0.00870. The molecule has 0 radical (unpaired) electrons. The van der Waals surface area contributed by atoms with Crippen LogP contribution in [0.3, 0.4) is 0 Å². The third kappa shape index (κ3) is 4.49. The van der Waals surface area contributed by atoms with Gasteiger partial charge in [0.15, 0.2) is 6.10 Å². The lowest BCUT2D eigenvalue weighted by Crippen LogP contribution is -2.51. The Balaban J connectivity index is 1.71. The Hall–Kier alpha value is -1.67. The number of urea groups is 1. The van der Waals surface area contributed by atoms with Gasteiger partial charge in [0.05, 0.1) is 13.2 Å². The predicted octanol–water partition coefficient (Wildman–Crippen LogP) is -1.24. The fourth-order valence-corrected chi connectivity index (χ4v) is 1.81. The number of aliphatic carboxylic acids is 1. The van der Waals surface area contributed by atoms with Crippen molar-refractivity contribution >= 4 is 17.9 Å². The molecule has 1 unspecified atom stereocenters. The molecule has 3 N–H and O–H groups in total. The number of nitrogens with zero attached hydrogens (tertiary/aromatic N) is 1. The SMILES string of the molecule is O=C(CN1CCOC(C(=O)O)C1)NC(=O)NC1CC1. The molecule has 0 aromatic rings. The molecule has 1 heterocycles. The van der Waals surface area contributed by atoms with Crippen LogP contribution in [0.2, 0.25) is 0 Å². The highest BCUT2D eigenvalue weighted by Gasteiger charge is 2.28. The second-order valence-corrected chi connectivity index (χ2v) is 4.73. The lowest BCUT2D eigenvalue weighted by atomic mass is 10.2. The molecule has 3 amide bonds. The molecule has 2 fully saturated rings. The number of carboxylic acids is 1. The van der Waals surface area contributed by atoms with Crippen molar-refractivity contribution in [3.8, 4) is 0 Å². The molecule has 106 valence electrons. The van der Waals surface area contributed by atoms with Crippen molar-refractivity contribution in [3.63, 3.8) is 0 Å². The summed E-state index contributed by atoms with van der Waals surface area (Å²) in [6.45, 7) is 0.873. The fourth-order valence-electron chi connectivity index (χ4n) is 1.81. The summed E-state index contributed by atoms with van der Waals surface area (Å²) in [5.74, 6) is -1.49. The van der Waals surface area contributed by atoms with Crippen LogP contribution in [0.5, 0.6) is 0 Å². The topological polar surface area (TPSA) is 108 Å². The van der Waals surface area contributed by atoms with Crippen LogP contribution in [0.15, 0.2) is 0 Å². The van der Waals surface area contributed by atoms with Gasteiger partial charge in [-0.05, 0) is 12.8 Å². The molecule has 1 aliphatic carbocycles. The number of ether oxygens (including phenoxy) is 1. The van der Waals surface area contributed by atoms with Crippen LogP contribution in [0.1, 0.15) is 12.8 Å². The molecular formula is C11H17N3O5. The second kappa shape index (κ2) is 5.98. The fraction of sp³-hybridized carbons (Fsp3) is 0.727. The molecule has 1 atom stereocenters. The smallest absolute Gasteiger partial charge is 0.334 e. The van der Waals surface area contributed by atoms with Gasteiger partial charge in [-0.25, -0.2) is 9.59 Å². The number of hydrogen-bond acceptors (Lipinski definition) is 5. The monoisotopic (exact) mass is 271 g/mol. The van der Waals surface area contributed by atoms with Crippen LogP contribution < -0.4 is 10.6 Å². The van der Waals surface area contributed by atoms with Crippen molar-refractivity contribution in [3.05, 3.63) is 0 Å². The van der Waals surface area contributed by atoms with Gasteiger partial charge in [-0.15, -0.1) is 0 Å². The minimum atomic E-state index is -1.04. The van der Waals surface area contributed by atoms with Crippen molar-refractivity contribution in [2.45, 2.75) is 25.0 Å². The van der Waals surface area contributed by atoms with E-state index in [0.29, 0.717) is 6.54 Å². The van der Waals surface area contributed by atoms with Gasteiger partial charge in [-0.3, -0.25) is 15.0 Å². The largest absolute Gasteiger partial charge is 0.479 e. The Kier molecular flexibility index (Phi) is 4.33. The summed E-state index contributed by atoms with van der Waals surface area (Å²) in [6, 6.07) is -0.303. The number of carboxylic acid groups (broad SMARTS) is 1. The van der Waals surface area contributed by atoms with Gasteiger partial charge in [-0.2, -0.15) is 0 Å². The maximum Gasteiger partial charge on any atom is 0.334 e. The number of amides is 3. The number of morpholine rings is 1. The van der Waals surface area contributed by atoms with E-state index < -0.39 is 24.0 Å². The Morgan fingerprint density at radius 1 is 1.32 bits per heavy atom. The minimum Gasteiger partial charge on any atom is -0.479 e. The standard InChI is InChI=1S/C11H17N3O5/c15-9(13-11(18)12-7-1-2-7)6-14-3-4-19-8(5-14)10(16)17/h7-8H,1-6H2,(H,16,17)(H2,12,13,15,18). The molecule has 8 nitrogen and oxygen atoms in total. The quantitative estimate of drug-likeness (QED) is 0.590. The molecule has 0 spiro atoms. The van der Waals surface area contributed by atoms with E-state index in [1.165, 1.54) is 0 Å². The average Bonchev–Trinajstić information content (AvgIpc) is 3.12. The Labute approximate surface area is 110 Å². The van der Waals surface area contributed by atoms with Gasteiger partial charge in [0.1, 0.15) is 0 Å². The van der Waals surface area contributed by atoms with E-state index in [-0.39, 0.29) is 25.7 Å². The van der Waals surface area contributed by atoms with Crippen LogP contribution in [-0.4, -0.2) is 66.3 Å². The van der Waals surface area contributed by atoms with Crippen LogP contribution in [0.4, 0.5) is 4.79 Å². The molecule has 1 saturated carbocycles. The van der Waals surface area contributed by atoms with Gasteiger partial charge < -0.3 is 15.2 Å². The molecule has 1 aliphatic heterocycles. The number of imide groups is 1. The predicted molar refractivity (Wildman–Crippen MR) is 63.5 cm³/mol. The maximum atomic E-state index is 11.6. The first-order valence-corrected chi connectivity index (χ1v) is 6.21. The molecule has 0 bridgehead atoms. The van der Waals surface area contributed by atoms with Crippen LogP contribution >= 0.6 is 0 Å². The summed E-state index contributed by atoms with van der Waals surface area (Å²) < 4.78 is 5.04. The third-order valence-electron chi connectivity index (χ3n) is 2.96. The number of carbonyl (C=O) groups excluding carboxylic acids is 2. The van der Waals surface area contributed by atoms with E-state index in [2.05, 4.69) is 10.6 Å². The number of rotatable bonds is 4. The van der Waals surface area contributed by atoms with Crippen molar-refractivity contribution < 1.29 is 24.2 Å². The molecule has 0 aromatic heterocycles. The van der Waals surface area contributed by atoms with E-state index in [0.717, 1.165) is 12.8 Å². The van der Waals surface area contributed by atoms with E-state index in [9.17, 15) is 14.4 Å². The van der Waals surface area contributed by atoms with E-state index in [1.807, 2.05) is 0 Å². The Morgan fingerprint density at radius 2 is 2.05 bits per heavy atom. The van der Waals surface area contributed by atoms with E-state index in [1.54, 1.807) is 4.90 Å². The number of hydrogen-bond donors (Lipinski definition) is 3. The first-order chi connectivity index (χ1) is 9.04. The van der Waals surface area contributed by atoms with Gasteiger partial charge in [0.2, 0.25) is 5.91 Å². The zero-order chi connectivity index (χ0) is 13.8. The van der Waals surface area contributed by atoms with Gasteiger partial charge in [0, 0.05) is 19.1 Å². The normalized spacial score (nSPS) is 23.7. The summed E-state index contributed by atoms with van der Waals surface area (Å²) in [7, 11) is 0. The first kappa shape index (κ1) is 13.8. The van der Waals surface area contributed by atoms with Crippen molar-refractivity contribution in [2.75, 3.05) is 26.2 Å². The molecular weight excluding hydrogens is 254 g/mol. The Bertz CT molecular complexity index is 383. The van der Waals surface area contributed by atoms with Gasteiger partial charge in [0.25, 0.3) is 0 Å². The first-order valence-electron chi connectivity index (χ1n) is 6.21. The van der Waals surface area contributed by atoms with Crippen LogP contribution in [-0.2, 0) is 14.3 Å². The summed E-state index contributed by atoms with van der Waals surface area (Å²) in [4.78, 5) is 35.4. The van der Waals surface area contributed by atoms with Crippen LogP contribution in [0.25, 0.3) is 0 Å². The summed E-state index contributed by atoms with van der Waals surface area (Å²) in [5, 5.41) is 13.7. The molecule has 0 aromatic carbocycles. The number of nitrogens with one attached hydrogen (secondary N) is 2. The third-order valence-corrected chi connectivity index (χ3v) is 2.96. The summed E-state index contributed by atoms with van der Waals surface area (Å²) >= 11 is 0. The van der Waals surface area contributed by atoms with Crippen molar-refractivity contribution in [1.29, 1.82) is 0 Å². The molecule has 1 saturated heterocycles. The maximum absolute atomic E-state index is 11.6. The van der Waals surface area contributed by atoms with Gasteiger partial charge >= 0.3 is 12.0 Å². The average molecular weight is 271 g/mol. The zero-order valence-electron chi connectivity index (χ0n) is 10.4. The second-order valence-electron chi connectivity index (χ2n) is 4.73. The molecule has 8 heteroatoms. The van der Waals surface area contributed by atoms with E-state index >= 15 is 0 Å². The lowest BCUT2D eigenvalue weighted by molar-refractivity contribution is -0.156. The summed E-state index contributed by atoms with van der Waals surface area (Å²) in [6.07, 6.45) is 0.985. The Morgan fingerprint density at radius 3 is 2.68 bits per heavy atom. The van der Waals surface area contributed by atoms with E-state index in [4.69, 9.17) is 9.84 Å². The molecule has 19 heavy (non-hydrogen) atoms. The highest BCUT2D eigenvalue weighted by molar-refractivity contribution is 5.95. The van der Waals surface area contributed by atoms with Crippen molar-refractivity contribution in [2.24, 2.45) is 0 Å². The summed E-state index contributed by atoms with van der Waals surface area (Å²) in [5.41, 5.74) is 0. The van der Waals surface area contributed by atoms with Crippen LogP contribution in [0, 0.1) is 0 Å². The zero-order valence-corrected chi connectivity index (χ0v) is 10.4. The molecule has 2 rings (SSSR count). The highest BCUT2D eigenvalue weighted by Crippen LogP contribution is 2.18. The number of carbonyl (C=O) groups is 3. The highest BCUT2D eigenvalue weighted by atomic mass is 16.5. The van der Waals surface area contributed by atoms with Crippen molar-refractivity contribution in [1.82, 2.24) is 15.5 Å². The lowest BCUT2D eigenvalue weighted by Gasteiger charge is -2.29.